The van der Waals surface area contributed by atoms with Gasteiger partial charge >= 0.3 is 18.3 Å². The summed E-state index contributed by atoms with van der Waals surface area (Å²) in [4.78, 5) is 28.3. The Morgan fingerprint density at radius 1 is 1.23 bits per heavy atom. The van der Waals surface area contributed by atoms with Crippen LogP contribution in [0.4, 0.5) is 18.0 Å². The van der Waals surface area contributed by atoms with E-state index in [1.807, 2.05) is 6.07 Å². The summed E-state index contributed by atoms with van der Waals surface area (Å²) in [5.41, 5.74) is -1.44. The number of aliphatic carboxylic acids is 1. The van der Waals surface area contributed by atoms with E-state index in [0.29, 0.717) is 10.6 Å². The fraction of sp³-hybridized carbons (Fsp3) is 0.333. The Morgan fingerprint density at radius 2 is 1.89 bits per heavy atom. The molecule has 0 aliphatic rings. The first-order valence-electron chi connectivity index (χ1n) is 9.89. The number of hydrogen-bond acceptors (Lipinski definition) is 9. The number of benzene rings is 1. The molecule has 0 saturated carbocycles. The van der Waals surface area contributed by atoms with Gasteiger partial charge in [-0.2, -0.15) is 18.4 Å². The van der Waals surface area contributed by atoms with E-state index in [4.69, 9.17) is 14.6 Å². The molecule has 0 spiro atoms. The summed E-state index contributed by atoms with van der Waals surface area (Å²) in [7, 11) is 0. The van der Waals surface area contributed by atoms with Crippen molar-refractivity contribution in [3.05, 3.63) is 40.9 Å². The Hall–Kier alpha value is -3.99. The lowest BCUT2D eigenvalue weighted by atomic mass is 9.95. The maximum Gasteiger partial charge on any atom is 0.510 e. The van der Waals surface area contributed by atoms with Crippen molar-refractivity contribution in [2.45, 2.75) is 33.2 Å². The van der Waals surface area contributed by atoms with E-state index >= 15 is 0 Å². The van der Waals surface area contributed by atoms with Crippen LogP contribution in [0.15, 0.2) is 29.6 Å². The highest BCUT2D eigenvalue weighted by Crippen LogP contribution is 2.33. The van der Waals surface area contributed by atoms with Gasteiger partial charge in [-0.3, -0.25) is 4.79 Å². The van der Waals surface area contributed by atoms with E-state index in [-0.39, 0.29) is 17.1 Å². The van der Waals surface area contributed by atoms with Crippen LogP contribution in [0.2, 0.25) is 0 Å². The van der Waals surface area contributed by atoms with Gasteiger partial charge in [-0.25, -0.2) is 9.78 Å². The Labute approximate surface area is 200 Å². The molecular formula is C21H18F3N5O5S. The van der Waals surface area contributed by atoms with Crippen LogP contribution in [-0.2, 0) is 20.4 Å². The zero-order chi connectivity index (χ0) is 26.0. The molecule has 3 rings (SSSR count). The minimum absolute atomic E-state index is 0.0812. The molecule has 3 aromatic rings. The number of carboxylic acids is 1. The molecule has 0 aliphatic carbocycles. The van der Waals surface area contributed by atoms with E-state index in [2.05, 4.69) is 15.2 Å². The molecular weight excluding hydrogens is 491 g/mol. The number of ether oxygens (including phenoxy) is 2. The van der Waals surface area contributed by atoms with Gasteiger partial charge in [0, 0.05) is 10.9 Å². The summed E-state index contributed by atoms with van der Waals surface area (Å²) in [5, 5.41) is 28.6. The number of carbonyl (C=O) groups is 2. The Morgan fingerprint density at radius 3 is 2.46 bits per heavy atom. The van der Waals surface area contributed by atoms with Crippen molar-refractivity contribution < 1.29 is 37.3 Å². The van der Waals surface area contributed by atoms with Crippen molar-refractivity contribution in [3.63, 3.8) is 0 Å². The number of nitriles is 1. The number of halogens is 3. The number of carbonyl (C=O) groups excluding carboxylic acids is 1. The van der Waals surface area contributed by atoms with Crippen molar-refractivity contribution in [1.29, 1.82) is 5.26 Å². The van der Waals surface area contributed by atoms with Gasteiger partial charge in [0.1, 0.15) is 23.4 Å². The minimum atomic E-state index is -4.45. The molecule has 14 heteroatoms. The number of aromatic nitrogens is 4. The van der Waals surface area contributed by atoms with Crippen LogP contribution in [-0.4, -0.2) is 43.8 Å². The van der Waals surface area contributed by atoms with E-state index in [9.17, 15) is 28.0 Å². The lowest BCUT2D eigenvalue weighted by molar-refractivity contribution is -0.149. The first-order chi connectivity index (χ1) is 16.3. The van der Waals surface area contributed by atoms with E-state index in [1.54, 1.807) is 5.38 Å². The zero-order valence-electron chi connectivity index (χ0n) is 18.5. The molecule has 0 fully saturated rings. The third-order valence-corrected chi connectivity index (χ3v) is 5.55. The fourth-order valence-electron chi connectivity index (χ4n) is 2.57. The fourth-order valence-corrected chi connectivity index (χ4v) is 3.38. The van der Waals surface area contributed by atoms with Crippen LogP contribution >= 0.6 is 11.3 Å². The molecule has 1 N–H and O–H groups in total. The van der Waals surface area contributed by atoms with E-state index < -0.39 is 42.1 Å². The Balaban J connectivity index is 1.75. The number of rotatable bonds is 7. The number of alkyl halides is 3. The van der Waals surface area contributed by atoms with Gasteiger partial charge < -0.3 is 14.6 Å². The van der Waals surface area contributed by atoms with Crippen LogP contribution in [0.1, 0.15) is 38.3 Å². The van der Waals surface area contributed by atoms with E-state index in [1.165, 1.54) is 32.9 Å². The van der Waals surface area contributed by atoms with Crippen LogP contribution in [0.25, 0.3) is 22.0 Å². The molecule has 184 valence electrons. The quantitative estimate of drug-likeness (QED) is 0.447. The monoisotopic (exact) mass is 509 g/mol. The van der Waals surface area contributed by atoms with Crippen molar-refractivity contribution in [3.8, 4) is 28.0 Å². The highest BCUT2D eigenvalue weighted by atomic mass is 32.1. The van der Waals surface area contributed by atoms with Crippen molar-refractivity contribution in [2.24, 2.45) is 5.41 Å². The molecule has 0 aliphatic heterocycles. The summed E-state index contributed by atoms with van der Waals surface area (Å²) in [6.07, 6.45) is -6.71. The smallest absolute Gasteiger partial charge is 0.481 e. The summed E-state index contributed by atoms with van der Waals surface area (Å²) in [6, 6.07) is 6.34. The van der Waals surface area contributed by atoms with Crippen LogP contribution < -0.4 is 0 Å². The standard InChI is InChI=1S/C21H18F3N5O5S/c1-11(34-19(32)33-10-20(2,3)18(30)31)29-27-14(8-25)16(28-29)15-9-35-17(26-15)12-4-6-13(7-5-12)21(22,23)24/h4-7,9,11H,10H2,1-3H3,(H,30,31). The van der Waals surface area contributed by atoms with Crippen molar-refractivity contribution >= 4 is 23.5 Å². The van der Waals surface area contributed by atoms with Gasteiger partial charge in [0.25, 0.3) is 0 Å². The normalized spacial score (nSPS) is 12.6. The number of hydrogen-bond donors (Lipinski definition) is 1. The summed E-state index contributed by atoms with van der Waals surface area (Å²) >= 11 is 1.14. The van der Waals surface area contributed by atoms with Gasteiger partial charge in [-0.05, 0) is 32.9 Å². The highest BCUT2D eigenvalue weighted by Gasteiger charge is 2.31. The molecule has 2 heterocycles. The molecule has 10 nitrogen and oxygen atoms in total. The largest absolute Gasteiger partial charge is 0.510 e. The van der Waals surface area contributed by atoms with Crippen molar-refractivity contribution in [2.75, 3.05) is 6.61 Å². The van der Waals surface area contributed by atoms with Gasteiger partial charge in [0.15, 0.2) is 11.4 Å². The average Bonchev–Trinajstić information content (AvgIpc) is 3.44. The SMILES string of the molecule is CC(OC(=O)OCC(C)(C)C(=O)O)n1nc(C#N)c(-c2csc(-c3ccc(C(F)(F)F)cc3)n2)n1. The van der Waals surface area contributed by atoms with Gasteiger partial charge in [0.2, 0.25) is 6.23 Å². The maximum atomic E-state index is 12.8. The summed E-state index contributed by atoms with van der Waals surface area (Å²) < 4.78 is 48.2. The zero-order valence-corrected chi connectivity index (χ0v) is 19.3. The second-order valence-corrected chi connectivity index (χ2v) is 8.75. The predicted octanol–water partition coefficient (Wildman–Crippen LogP) is 4.74. The molecule has 1 unspecified atom stereocenters. The minimum Gasteiger partial charge on any atom is -0.481 e. The second-order valence-electron chi connectivity index (χ2n) is 7.89. The topological polar surface area (TPSA) is 140 Å². The van der Waals surface area contributed by atoms with Crippen LogP contribution in [0.3, 0.4) is 0 Å². The van der Waals surface area contributed by atoms with E-state index in [0.717, 1.165) is 28.3 Å². The first kappa shape index (κ1) is 25.6. The van der Waals surface area contributed by atoms with Crippen LogP contribution in [0, 0.1) is 16.7 Å². The predicted molar refractivity (Wildman–Crippen MR) is 115 cm³/mol. The lowest BCUT2D eigenvalue weighted by Crippen LogP contribution is -2.31. The first-order valence-corrected chi connectivity index (χ1v) is 10.8. The molecule has 1 aromatic carbocycles. The third kappa shape index (κ3) is 5.93. The molecule has 0 bridgehead atoms. The average molecular weight is 509 g/mol. The molecule has 0 saturated heterocycles. The number of carboxylic acid groups (broad SMARTS) is 1. The third-order valence-electron chi connectivity index (χ3n) is 4.66. The molecule has 0 radical (unpaired) electrons. The van der Waals surface area contributed by atoms with Gasteiger partial charge in [0.05, 0.1) is 11.0 Å². The summed E-state index contributed by atoms with van der Waals surface area (Å²) in [6.45, 7) is 3.72. The molecule has 1 atom stereocenters. The number of nitrogens with zero attached hydrogens (tertiary/aromatic N) is 5. The molecule has 35 heavy (non-hydrogen) atoms. The second kappa shape index (κ2) is 9.71. The maximum absolute atomic E-state index is 12.8. The lowest BCUT2D eigenvalue weighted by Gasteiger charge is -2.19. The van der Waals surface area contributed by atoms with Crippen molar-refractivity contribution in [1.82, 2.24) is 20.0 Å². The number of thiazole rings is 1. The molecule has 0 amide bonds. The highest BCUT2D eigenvalue weighted by molar-refractivity contribution is 7.13. The Bertz CT molecular complexity index is 1280. The summed E-state index contributed by atoms with van der Waals surface area (Å²) in [5.74, 6) is -1.16. The van der Waals surface area contributed by atoms with Gasteiger partial charge in [-0.1, -0.05) is 12.1 Å². The molecule has 2 aromatic heterocycles. The van der Waals surface area contributed by atoms with Crippen LogP contribution in [0.5, 0.6) is 0 Å². The Kier molecular flexibility index (Phi) is 7.11. The van der Waals surface area contributed by atoms with Gasteiger partial charge in [-0.15, -0.1) is 26.3 Å².